The average Bonchev–Trinajstić information content (AvgIpc) is 2.43. The number of hydrogen-bond donors (Lipinski definition) is 0. The Balaban J connectivity index is 2.89. The maximum absolute atomic E-state index is 11.6. The van der Waals surface area contributed by atoms with E-state index in [2.05, 4.69) is 4.98 Å². The fourth-order valence-electron chi connectivity index (χ4n) is 2.01. The summed E-state index contributed by atoms with van der Waals surface area (Å²) >= 11 is 6.02. The highest BCUT2D eigenvalue weighted by Crippen LogP contribution is 2.43. The molecule has 0 aliphatic rings. The number of ketones is 1. The molecular weight excluding hydrogens is 282 g/mol. The lowest BCUT2D eigenvalue weighted by Gasteiger charge is -2.15. The average molecular weight is 296 g/mol. The maximum atomic E-state index is 11.6. The van der Waals surface area contributed by atoms with E-state index in [-0.39, 0.29) is 10.9 Å². The second-order valence-corrected chi connectivity index (χ2v) is 4.45. The van der Waals surface area contributed by atoms with Gasteiger partial charge in [-0.15, -0.1) is 0 Å². The van der Waals surface area contributed by atoms with Gasteiger partial charge in [0.25, 0.3) is 0 Å². The lowest BCUT2D eigenvalue weighted by atomic mass is 10.1. The number of carbonyl (C=O) groups excluding carboxylic acids is 1. The standard InChI is InChI=1S/C14H14ClNO4/c1-7(17)8-5-9-10(16-14(8)15)6-11(18-2)13(20-4)12(9)19-3/h5-6H,1-4H3. The molecule has 0 fully saturated rings. The van der Waals surface area contributed by atoms with Crippen LogP contribution in [0.5, 0.6) is 17.2 Å². The highest BCUT2D eigenvalue weighted by Gasteiger charge is 2.19. The molecule has 0 atom stereocenters. The van der Waals surface area contributed by atoms with Gasteiger partial charge in [0.1, 0.15) is 5.15 Å². The van der Waals surface area contributed by atoms with E-state index in [0.717, 1.165) is 0 Å². The maximum Gasteiger partial charge on any atom is 0.204 e. The summed E-state index contributed by atoms with van der Waals surface area (Å²) in [6.45, 7) is 1.43. The highest BCUT2D eigenvalue weighted by atomic mass is 35.5. The van der Waals surface area contributed by atoms with Gasteiger partial charge in [-0.3, -0.25) is 4.79 Å². The van der Waals surface area contributed by atoms with E-state index >= 15 is 0 Å². The number of pyridine rings is 1. The van der Waals surface area contributed by atoms with Gasteiger partial charge < -0.3 is 14.2 Å². The van der Waals surface area contributed by atoms with Gasteiger partial charge in [0.15, 0.2) is 17.3 Å². The zero-order valence-electron chi connectivity index (χ0n) is 11.6. The Hall–Kier alpha value is -2.01. The van der Waals surface area contributed by atoms with Crippen molar-refractivity contribution in [3.63, 3.8) is 0 Å². The molecule has 5 nitrogen and oxygen atoms in total. The molecular formula is C14H14ClNO4. The van der Waals surface area contributed by atoms with Crippen molar-refractivity contribution in [2.75, 3.05) is 21.3 Å². The summed E-state index contributed by atoms with van der Waals surface area (Å²) in [6.07, 6.45) is 0. The van der Waals surface area contributed by atoms with Crippen molar-refractivity contribution in [1.82, 2.24) is 4.98 Å². The minimum Gasteiger partial charge on any atom is -0.493 e. The highest BCUT2D eigenvalue weighted by molar-refractivity contribution is 6.33. The Morgan fingerprint density at radius 1 is 1.10 bits per heavy atom. The molecule has 2 rings (SSSR count). The molecule has 1 aromatic heterocycles. The summed E-state index contributed by atoms with van der Waals surface area (Å²) < 4.78 is 15.9. The van der Waals surface area contributed by atoms with Crippen LogP contribution >= 0.6 is 11.6 Å². The lowest BCUT2D eigenvalue weighted by Crippen LogP contribution is -2.00. The summed E-state index contributed by atoms with van der Waals surface area (Å²) in [5, 5.41) is 0.791. The third-order valence-corrected chi connectivity index (χ3v) is 3.24. The molecule has 6 heteroatoms. The number of nitrogens with zero attached hydrogens (tertiary/aromatic N) is 1. The molecule has 0 radical (unpaired) electrons. The molecule has 1 heterocycles. The number of ether oxygens (including phenoxy) is 3. The van der Waals surface area contributed by atoms with Gasteiger partial charge in [0, 0.05) is 11.5 Å². The Labute approximate surface area is 121 Å². The van der Waals surface area contributed by atoms with Crippen molar-refractivity contribution < 1.29 is 19.0 Å². The number of Topliss-reactive ketones (excluding diaryl/α,β-unsaturated/α-hetero) is 1. The number of hydrogen-bond acceptors (Lipinski definition) is 5. The predicted octanol–water partition coefficient (Wildman–Crippen LogP) is 3.12. The number of rotatable bonds is 4. The minimum atomic E-state index is -0.166. The fraction of sp³-hybridized carbons (Fsp3) is 0.286. The normalized spacial score (nSPS) is 10.4. The van der Waals surface area contributed by atoms with Crippen molar-refractivity contribution in [1.29, 1.82) is 0 Å². The van der Waals surface area contributed by atoms with Crippen LogP contribution in [-0.2, 0) is 0 Å². The van der Waals surface area contributed by atoms with Crippen LogP contribution in [0.1, 0.15) is 17.3 Å². The Morgan fingerprint density at radius 3 is 2.25 bits per heavy atom. The smallest absolute Gasteiger partial charge is 0.204 e. The van der Waals surface area contributed by atoms with Gasteiger partial charge in [0.2, 0.25) is 5.75 Å². The molecule has 0 unspecified atom stereocenters. The number of fused-ring (bicyclic) bond motifs is 1. The molecule has 20 heavy (non-hydrogen) atoms. The second kappa shape index (κ2) is 5.54. The number of halogens is 1. The van der Waals surface area contributed by atoms with Gasteiger partial charge in [-0.1, -0.05) is 11.6 Å². The summed E-state index contributed by atoms with van der Waals surface area (Å²) in [5.74, 6) is 1.21. The number of methoxy groups -OCH3 is 3. The molecule has 106 valence electrons. The lowest BCUT2D eigenvalue weighted by molar-refractivity contribution is 0.101. The molecule has 0 saturated heterocycles. The zero-order valence-corrected chi connectivity index (χ0v) is 12.4. The van der Waals surface area contributed by atoms with Crippen LogP contribution in [0.3, 0.4) is 0 Å². The van der Waals surface area contributed by atoms with E-state index < -0.39 is 0 Å². The van der Waals surface area contributed by atoms with E-state index in [0.29, 0.717) is 33.7 Å². The molecule has 2 aromatic rings. The summed E-state index contributed by atoms with van der Waals surface area (Å²) in [7, 11) is 4.55. The Bertz CT molecular complexity index is 685. The number of aromatic nitrogens is 1. The molecule has 0 N–H and O–H groups in total. The predicted molar refractivity (Wildman–Crippen MR) is 76.4 cm³/mol. The molecule has 0 bridgehead atoms. The summed E-state index contributed by atoms with van der Waals surface area (Å²) in [6, 6.07) is 3.33. The quantitative estimate of drug-likeness (QED) is 0.641. The first-order valence-electron chi connectivity index (χ1n) is 5.83. The topological polar surface area (TPSA) is 57.7 Å². The van der Waals surface area contributed by atoms with Crippen molar-refractivity contribution in [3.8, 4) is 17.2 Å². The molecule has 0 aliphatic carbocycles. The third-order valence-electron chi connectivity index (χ3n) is 2.96. The van der Waals surface area contributed by atoms with E-state index in [1.54, 1.807) is 12.1 Å². The van der Waals surface area contributed by atoms with Crippen LogP contribution in [0.4, 0.5) is 0 Å². The second-order valence-electron chi connectivity index (χ2n) is 4.09. The monoisotopic (exact) mass is 295 g/mol. The first-order valence-corrected chi connectivity index (χ1v) is 6.21. The van der Waals surface area contributed by atoms with Gasteiger partial charge in [-0.2, -0.15) is 0 Å². The van der Waals surface area contributed by atoms with Crippen LogP contribution in [-0.4, -0.2) is 32.1 Å². The number of carbonyl (C=O) groups is 1. The van der Waals surface area contributed by atoms with Crippen LogP contribution in [0, 0.1) is 0 Å². The van der Waals surface area contributed by atoms with E-state index in [1.165, 1.54) is 28.3 Å². The summed E-state index contributed by atoms with van der Waals surface area (Å²) in [5.41, 5.74) is 0.902. The van der Waals surface area contributed by atoms with Gasteiger partial charge in [-0.05, 0) is 13.0 Å². The molecule has 0 amide bonds. The van der Waals surface area contributed by atoms with Crippen LogP contribution in [0.15, 0.2) is 12.1 Å². The number of benzene rings is 1. The van der Waals surface area contributed by atoms with Gasteiger partial charge in [-0.25, -0.2) is 4.98 Å². The van der Waals surface area contributed by atoms with Crippen molar-refractivity contribution in [2.45, 2.75) is 6.92 Å². The van der Waals surface area contributed by atoms with Crippen molar-refractivity contribution in [2.24, 2.45) is 0 Å². The largest absolute Gasteiger partial charge is 0.493 e. The van der Waals surface area contributed by atoms with Crippen molar-refractivity contribution in [3.05, 3.63) is 22.8 Å². The molecule has 0 spiro atoms. The summed E-state index contributed by atoms with van der Waals surface area (Å²) in [4.78, 5) is 15.8. The molecule has 0 aliphatic heterocycles. The third kappa shape index (κ3) is 2.25. The Kier molecular flexibility index (Phi) is 3.99. The molecule has 0 saturated carbocycles. The van der Waals surface area contributed by atoms with Gasteiger partial charge in [0.05, 0.1) is 32.4 Å². The minimum absolute atomic E-state index is 0.152. The van der Waals surface area contributed by atoms with Crippen LogP contribution in [0.25, 0.3) is 10.9 Å². The van der Waals surface area contributed by atoms with Crippen LogP contribution < -0.4 is 14.2 Å². The fourth-order valence-corrected chi connectivity index (χ4v) is 2.29. The van der Waals surface area contributed by atoms with Gasteiger partial charge >= 0.3 is 0 Å². The van der Waals surface area contributed by atoms with E-state index in [1.807, 2.05) is 0 Å². The van der Waals surface area contributed by atoms with Crippen molar-refractivity contribution >= 4 is 28.3 Å². The van der Waals surface area contributed by atoms with Crippen LogP contribution in [0.2, 0.25) is 5.15 Å². The van der Waals surface area contributed by atoms with E-state index in [9.17, 15) is 4.79 Å². The first kappa shape index (κ1) is 14.4. The Morgan fingerprint density at radius 2 is 1.75 bits per heavy atom. The zero-order chi connectivity index (χ0) is 14.9. The molecule has 1 aromatic carbocycles. The SMILES string of the molecule is COc1cc2nc(Cl)c(C(C)=O)cc2c(OC)c1OC. The van der Waals surface area contributed by atoms with E-state index in [4.69, 9.17) is 25.8 Å². The first-order chi connectivity index (χ1) is 9.53.